The minimum absolute atomic E-state index is 0.115. The number of amides is 2. The molecule has 3 aromatic rings. The van der Waals surface area contributed by atoms with Crippen LogP contribution >= 0.6 is 0 Å². The van der Waals surface area contributed by atoms with Crippen molar-refractivity contribution in [1.82, 2.24) is 20.4 Å². The lowest BCUT2D eigenvalue weighted by Crippen LogP contribution is -2.46. The molecule has 0 aliphatic carbocycles. The zero-order valence-corrected chi connectivity index (χ0v) is 18.0. The first-order valence-electron chi connectivity index (χ1n) is 10.4. The number of unbranched alkanes of at least 4 members (excludes halogenated alkanes) is 1. The molecule has 1 unspecified atom stereocenters. The molecule has 0 saturated heterocycles. The van der Waals surface area contributed by atoms with Crippen LogP contribution in [0, 0.1) is 0 Å². The Morgan fingerprint density at radius 1 is 1.16 bits per heavy atom. The van der Waals surface area contributed by atoms with Crippen molar-refractivity contribution in [2.45, 2.75) is 32.7 Å². The van der Waals surface area contributed by atoms with Crippen molar-refractivity contribution in [2.75, 3.05) is 13.7 Å². The Morgan fingerprint density at radius 3 is 2.71 bits per heavy atom. The van der Waals surface area contributed by atoms with E-state index in [0.29, 0.717) is 18.3 Å². The Labute approximate surface area is 181 Å². The molecule has 1 aliphatic heterocycles. The smallest absolute Gasteiger partial charge is 0.322 e. The molecule has 2 amide bonds. The second-order valence-electron chi connectivity index (χ2n) is 7.45. The van der Waals surface area contributed by atoms with E-state index >= 15 is 0 Å². The minimum Gasteiger partial charge on any atom is -0.497 e. The summed E-state index contributed by atoms with van der Waals surface area (Å²) in [5.74, 6) is 1.58. The van der Waals surface area contributed by atoms with E-state index in [9.17, 15) is 4.79 Å². The second-order valence-corrected chi connectivity index (χ2v) is 7.45. The van der Waals surface area contributed by atoms with Gasteiger partial charge in [0, 0.05) is 17.8 Å². The third kappa shape index (κ3) is 4.17. The molecule has 0 fully saturated rings. The largest absolute Gasteiger partial charge is 0.497 e. The summed E-state index contributed by atoms with van der Waals surface area (Å²) in [5, 5.41) is 7.32. The maximum Gasteiger partial charge on any atom is 0.322 e. The van der Waals surface area contributed by atoms with Gasteiger partial charge in [0.05, 0.1) is 18.7 Å². The highest BCUT2D eigenvalue weighted by molar-refractivity contribution is 5.86. The molecule has 0 saturated carbocycles. The number of nitrogens with one attached hydrogen (secondary N) is 1. The lowest BCUT2D eigenvalue weighted by atomic mass is 9.94. The fourth-order valence-corrected chi connectivity index (χ4v) is 3.75. The minimum atomic E-state index is -0.370. The second kappa shape index (κ2) is 9.04. The highest BCUT2D eigenvalue weighted by atomic mass is 16.5. The molecule has 4 rings (SSSR count). The zero-order valence-electron chi connectivity index (χ0n) is 18.0. The first-order chi connectivity index (χ1) is 15.1. The average Bonchev–Trinajstić information content (AvgIpc) is 3.29. The highest BCUT2D eigenvalue weighted by Gasteiger charge is 2.35. The first-order valence-corrected chi connectivity index (χ1v) is 10.4. The van der Waals surface area contributed by atoms with Gasteiger partial charge in [-0.2, -0.15) is 4.98 Å². The molecule has 1 atom stereocenters. The quantitative estimate of drug-likeness (QED) is 0.581. The summed E-state index contributed by atoms with van der Waals surface area (Å²) in [6, 6.07) is 16.9. The number of allylic oxidation sites excluding steroid dienone is 1. The van der Waals surface area contributed by atoms with Gasteiger partial charge in [-0.3, -0.25) is 4.90 Å². The fraction of sp³-hybridized carbons (Fsp3) is 0.292. The van der Waals surface area contributed by atoms with Crippen molar-refractivity contribution in [3.63, 3.8) is 0 Å². The summed E-state index contributed by atoms with van der Waals surface area (Å²) in [4.78, 5) is 19.3. The number of carbonyl (C=O) groups is 1. The number of carbonyl (C=O) groups excluding carboxylic acids is 1. The Kier molecular flexibility index (Phi) is 6.02. The van der Waals surface area contributed by atoms with Gasteiger partial charge in [-0.15, -0.1) is 0 Å². The lowest BCUT2D eigenvalue weighted by Gasteiger charge is -2.35. The van der Waals surface area contributed by atoms with Gasteiger partial charge in [0.1, 0.15) is 5.75 Å². The van der Waals surface area contributed by atoms with Gasteiger partial charge in [-0.05, 0) is 31.0 Å². The van der Waals surface area contributed by atoms with Gasteiger partial charge in [-0.1, -0.05) is 61.0 Å². The molecular weight excluding hydrogens is 392 g/mol. The van der Waals surface area contributed by atoms with Crippen LogP contribution in [0.15, 0.2) is 64.8 Å². The van der Waals surface area contributed by atoms with E-state index in [1.54, 1.807) is 12.0 Å². The summed E-state index contributed by atoms with van der Waals surface area (Å²) in [5.41, 5.74) is 3.39. The average molecular weight is 418 g/mol. The van der Waals surface area contributed by atoms with Crippen LogP contribution in [-0.2, 0) is 0 Å². The number of urea groups is 1. The van der Waals surface area contributed by atoms with Crippen LogP contribution in [0.1, 0.15) is 44.2 Å². The molecule has 7 nitrogen and oxygen atoms in total. The van der Waals surface area contributed by atoms with E-state index in [0.717, 1.165) is 41.0 Å². The van der Waals surface area contributed by atoms with E-state index in [-0.39, 0.29) is 12.1 Å². The maximum absolute atomic E-state index is 12.9. The number of benzene rings is 2. The van der Waals surface area contributed by atoms with Crippen LogP contribution < -0.4 is 10.1 Å². The molecule has 31 heavy (non-hydrogen) atoms. The molecule has 160 valence electrons. The van der Waals surface area contributed by atoms with Gasteiger partial charge in [0.2, 0.25) is 5.82 Å². The summed E-state index contributed by atoms with van der Waals surface area (Å²) >= 11 is 0. The SMILES string of the molecule is CCCCN1C(=O)NC(c2ccccc2)C(c2nc(-c3cccc(OC)c3)no2)=C1C. The van der Waals surface area contributed by atoms with Crippen molar-refractivity contribution in [2.24, 2.45) is 0 Å². The molecular formula is C24H26N4O3. The van der Waals surface area contributed by atoms with Gasteiger partial charge in [0.15, 0.2) is 0 Å². The number of aromatic nitrogens is 2. The van der Waals surface area contributed by atoms with Gasteiger partial charge in [0.25, 0.3) is 5.89 Å². The molecule has 2 aromatic carbocycles. The number of rotatable bonds is 7. The van der Waals surface area contributed by atoms with E-state index in [1.807, 2.05) is 61.5 Å². The fourth-order valence-electron chi connectivity index (χ4n) is 3.75. The Hall–Kier alpha value is -3.61. The zero-order chi connectivity index (χ0) is 21.8. The lowest BCUT2D eigenvalue weighted by molar-refractivity contribution is 0.204. The molecule has 1 aromatic heterocycles. The van der Waals surface area contributed by atoms with Crippen molar-refractivity contribution < 1.29 is 14.1 Å². The molecule has 1 aliphatic rings. The summed E-state index contributed by atoms with van der Waals surface area (Å²) in [6.07, 6.45) is 1.90. The van der Waals surface area contributed by atoms with Crippen LogP contribution in [0.4, 0.5) is 4.79 Å². The number of ether oxygens (including phenoxy) is 1. The Balaban J connectivity index is 1.78. The predicted molar refractivity (Wildman–Crippen MR) is 118 cm³/mol. The normalized spacial score (nSPS) is 16.4. The molecule has 2 heterocycles. The van der Waals surface area contributed by atoms with Gasteiger partial charge >= 0.3 is 6.03 Å². The third-order valence-electron chi connectivity index (χ3n) is 5.45. The first kappa shape index (κ1) is 20.7. The third-order valence-corrected chi connectivity index (χ3v) is 5.45. The van der Waals surface area contributed by atoms with E-state index in [4.69, 9.17) is 9.26 Å². The van der Waals surface area contributed by atoms with Crippen LogP contribution in [0.2, 0.25) is 0 Å². The van der Waals surface area contributed by atoms with E-state index < -0.39 is 0 Å². The predicted octanol–water partition coefficient (Wildman–Crippen LogP) is 5.04. The molecule has 7 heteroatoms. The summed E-state index contributed by atoms with van der Waals surface area (Å²) in [7, 11) is 1.62. The summed E-state index contributed by atoms with van der Waals surface area (Å²) < 4.78 is 11.0. The molecule has 0 bridgehead atoms. The van der Waals surface area contributed by atoms with Crippen molar-refractivity contribution in [3.05, 3.63) is 71.7 Å². The summed E-state index contributed by atoms with van der Waals surface area (Å²) in [6.45, 7) is 4.68. The Morgan fingerprint density at radius 2 is 1.97 bits per heavy atom. The van der Waals surface area contributed by atoms with E-state index in [1.165, 1.54) is 0 Å². The maximum atomic E-state index is 12.9. The van der Waals surface area contributed by atoms with Crippen molar-refractivity contribution in [3.8, 4) is 17.1 Å². The van der Waals surface area contributed by atoms with Crippen LogP contribution in [-0.4, -0.2) is 34.7 Å². The van der Waals surface area contributed by atoms with Crippen LogP contribution in [0.3, 0.4) is 0 Å². The van der Waals surface area contributed by atoms with Crippen molar-refractivity contribution in [1.29, 1.82) is 0 Å². The molecule has 0 spiro atoms. The Bertz CT molecular complexity index is 1090. The number of nitrogens with zero attached hydrogens (tertiary/aromatic N) is 3. The van der Waals surface area contributed by atoms with Crippen LogP contribution in [0.5, 0.6) is 5.75 Å². The van der Waals surface area contributed by atoms with Crippen LogP contribution in [0.25, 0.3) is 17.0 Å². The molecule has 1 N–H and O–H groups in total. The topological polar surface area (TPSA) is 80.5 Å². The monoisotopic (exact) mass is 418 g/mol. The van der Waals surface area contributed by atoms with E-state index in [2.05, 4.69) is 22.4 Å². The highest BCUT2D eigenvalue weighted by Crippen LogP contribution is 2.37. The number of methoxy groups -OCH3 is 1. The number of hydrogen-bond acceptors (Lipinski definition) is 5. The molecule has 0 radical (unpaired) electrons. The van der Waals surface area contributed by atoms with Crippen molar-refractivity contribution >= 4 is 11.6 Å². The number of hydrogen-bond donors (Lipinski definition) is 1. The standard InChI is InChI=1S/C24H26N4O3/c1-4-5-14-28-16(2)20(21(25-24(28)29)17-10-7-6-8-11-17)23-26-22(27-31-23)18-12-9-13-19(15-18)30-3/h6-13,15,21H,4-5,14H2,1-3H3,(H,25,29). The van der Waals surface area contributed by atoms with Gasteiger partial charge in [-0.25, -0.2) is 4.79 Å². The van der Waals surface area contributed by atoms with Gasteiger partial charge < -0.3 is 14.6 Å².